The first-order valence-electron chi connectivity index (χ1n) is 11.9. The van der Waals surface area contributed by atoms with Gasteiger partial charge in [-0.2, -0.15) is 4.36 Å². The molecule has 0 amide bonds. The molecule has 8 nitrogen and oxygen atoms in total. The lowest BCUT2D eigenvalue weighted by Gasteiger charge is -2.36. The molecule has 9 heteroatoms. The Balaban J connectivity index is 1.59. The zero-order valence-electron chi connectivity index (χ0n) is 21.2. The third-order valence-corrected chi connectivity index (χ3v) is 6.53. The van der Waals surface area contributed by atoms with Gasteiger partial charge in [-0.15, -0.1) is 0 Å². The van der Waals surface area contributed by atoms with Crippen LogP contribution in [0.2, 0.25) is 0 Å². The average molecular weight is 498 g/mol. The first-order valence-corrected chi connectivity index (χ1v) is 14.3. The Morgan fingerprint density at radius 2 is 2.06 bits per heavy atom. The summed E-state index contributed by atoms with van der Waals surface area (Å²) in [6, 6.07) is 7.73. The van der Waals surface area contributed by atoms with Crippen LogP contribution >= 0.6 is 0 Å². The Labute approximate surface area is 208 Å². The Kier molecular flexibility index (Phi) is 7.40. The van der Waals surface area contributed by atoms with E-state index in [1.807, 2.05) is 45.0 Å². The van der Waals surface area contributed by atoms with Crippen LogP contribution in [-0.4, -0.2) is 73.0 Å². The molecule has 0 aliphatic carbocycles. The molecule has 1 aliphatic rings. The fraction of sp³-hybridized carbons (Fsp3) is 0.500. The van der Waals surface area contributed by atoms with Gasteiger partial charge in [-0.1, -0.05) is 6.07 Å². The number of pyridine rings is 1. The number of aromatic nitrogens is 3. The molecular formula is C26H35N5O3S. The van der Waals surface area contributed by atoms with Gasteiger partial charge >= 0.3 is 0 Å². The minimum absolute atomic E-state index is 0.0192. The van der Waals surface area contributed by atoms with E-state index in [9.17, 15) is 9.32 Å². The highest BCUT2D eigenvalue weighted by molar-refractivity contribution is 7.92. The molecule has 1 saturated heterocycles. The molecule has 1 aliphatic heterocycles. The zero-order chi connectivity index (χ0) is 25.2. The van der Waals surface area contributed by atoms with Crippen molar-refractivity contribution >= 4 is 26.3 Å². The molecular weight excluding hydrogens is 462 g/mol. The quantitative estimate of drug-likeness (QED) is 0.528. The maximum Gasteiger partial charge on any atom is 0.217 e. The number of hydrogen-bond acceptors (Lipinski definition) is 8. The van der Waals surface area contributed by atoms with Crippen LogP contribution in [0.3, 0.4) is 0 Å². The van der Waals surface area contributed by atoms with E-state index in [4.69, 9.17) is 4.74 Å². The molecule has 0 saturated carbocycles. The van der Waals surface area contributed by atoms with Gasteiger partial charge in [-0.25, -0.2) is 19.2 Å². The van der Waals surface area contributed by atoms with E-state index in [0.717, 1.165) is 53.7 Å². The molecule has 4 rings (SSSR count). The second kappa shape index (κ2) is 10.2. The monoisotopic (exact) mass is 497 g/mol. The lowest BCUT2D eigenvalue weighted by molar-refractivity contribution is 0.00633. The number of rotatable bonds is 7. The number of ether oxygens (including phenoxy) is 1. The van der Waals surface area contributed by atoms with Crippen LogP contribution in [0.25, 0.3) is 10.9 Å². The maximum absolute atomic E-state index is 12.2. The summed E-state index contributed by atoms with van der Waals surface area (Å²) in [4.78, 5) is 15.8. The van der Waals surface area contributed by atoms with Gasteiger partial charge in [0.05, 0.1) is 22.5 Å². The number of piperidine rings is 1. The van der Waals surface area contributed by atoms with Gasteiger partial charge in [0.1, 0.15) is 12.4 Å². The highest BCUT2D eigenvalue weighted by Crippen LogP contribution is 2.29. The predicted molar refractivity (Wildman–Crippen MR) is 140 cm³/mol. The summed E-state index contributed by atoms with van der Waals surface area (Å²) in [5.41, 5.74) is 3.54. The van der Waals surface area contributed by atoms with Gasteiger partial charge < -0.3 is 9.84 Å². The lowest BCUT2D eigenvalue weighted by atomic mass is 10.0. The molecule has 0 radical (unpaired) electrons. The van der Waals surface area contributed by atoms with Crippen molar-refractivity contribution in [2.24, 2.45) is 4.36 Å². The van der Waals surface area contributed by atoms with E-state index in [2.05, 4.69) is 24.2 Å². The van der Waals surface area contributed by atoms with Crippen molar-refractivity contribution in [2.45, 2.75) is 51.7 Å². The number of benzene rings is 1. The largest absolute Gasteiger partial charge is 0.473 e. The normalized spacial score (nSPS) is 17.5. The minimum Gasteiger partial charge on any atom is -0.473 e. The number of fused-ring (bicyclic) bond motifs is 1. The maximum atomic E-state index is 12.2. The van der Waals surface area contributed by atoms with Crippen LogP contribution in [-0.2, 0) is 16.1 Å². The molecule has 3 aromatic rings. The minimum atomic E-state index is -2.27. The number of aliphatic hydroxyl groups is 1. The van der Waals surface area contributed by atoms with Crippen LogP contribution in [0.1, 0.15) is 43.5 Å². The van der Waals surface area contributed by atoms with Gasteiger partial charge in [0.25, 0.3) is 0 Å². The van der Waals surface area contributed by atoms with Crippen molar-refractivity contribution in [1.82, 2.24) is 19.9 Å². The van der Waals surface area contributed by atoms with Crippen molar-refractivity contribution in [3.8, 4) is 5.88 Å². The molecule has 3 heterocycles. The average Bonchev–Trinajstić information content (AvgIpc) is 2.73. The highest BCUT2D eigenvalue weighted by atomic mass is 32.2. The third kappa shape index (κ3) is 6.96. The van der Waals surface area contributed by atoms with Gasteiger partial charge in [0, 0.05) is 58.9 Å². The van der Waals surface area contributed by atoms with E-state index < -0.39 is 15.3 Å². The summed E-state index contributed by atoms with van der Waals surface area (Å²) < 4.78 is 22.9. The van der Waals surface area contributed by atoms with Gasteiger partial charge in [-0.3, -0.25) is 4.90 Å². The lowest BCUT2D eigenvalue weighted by Crippen LogP contribution is -2.47. The standard InChI is InChI=1S/C26H35N5O3S/c1-18-12-20(30-35(4,5)33)14-23-24(18)22(28-17-29-23)13-19-8-6-10-27-25(19)34-21-9-7-11-31(15-21)16-26(2,3)32/h6,8,10,12,14,17,21,32H,7,9,11,13,15-16H2,1-5H3/t21-/m1/s1. The molecule has 35 heavy (non-hydrogen) atoms. The summed E-state index contributed by atoms with van der Waals surface area (Å²) in [5, 5.41) is 11.2. The summed E-state index contributed by atoms with van der Waals surface area (Å²) in [7, 11) is -2.27. The fourth-order valence-corrected chi connectivity index (χ4v) is 5.31. The predicted octanol–water partition coefficient (Wildman–Crippen LogP) is 3.90. The molecule has 0 bridgehead atoms. The van der Waals surface area contributed by atoms with Gasteiger partial charge in [0.15, 0.2) is 0 Å². The van der Waals surface area contributed by atoms with Crippen molar-refractivity contribution < 1.29 is 14.1 Å². The molecule has 2 aromatic heterocycles. The topological polar surface area (TPSA) is 101 Å². The number of aryl methyl sites for hydroxylation is 1. The van der Waals surface area contributed by atoms with E-state index in [0.29, 0.717) is 24.5 Å². The Morgan fingerprint density at radius 1 is 1.26 bits per heavy atom. The molecule has 0 unspecified atom stereocenters. The van der Waals surface area contributed by atoms with Crippen LogP contribution < -0.4 is 4.74 Å². The van der Waals surface area contributed by atoms with E-state index in [1.165, 1.54) is 0 Å². The smallest absolute Gasteiger partial charge is 0.217 e. The third-order valence-electron chi connectivity index (χ3n) is 5.88. The SMILES string of the molecule is Cc1cc(N=S(C)(C)=O)cc2ncnc(Cc3cccnc3O[C@@H]3CCCN(CC(C)(C)O)C3)c12. The molecule has 1 aromatic carbocycles. The Bertz CT molecular complexity index is 1320. The summed E-state index contributed by atoms with van der Waals surface area (Å²) in [6.07, 6.45) is 9.11. The second-order valence-corrected chi connectivity index (χ2v) is 12.9. The molecule has 1 fully saturated rings. The Hall–Kier alpha value is -2.62. The van der Waals surface area contributed by atoms with Gasteiger partial charge in [-0.05, 0) is 63.9 Å². The van der Waals surface area contributed by atoms with Crippen LogP contribution in [0.5, 0.6) is 5.88 Å². The summed E-state index contributed by atoms with van der Waals surface area (Å²) in [5.74, 6) is 0.621. The van der Waals surface area contributed by atoms with Crippen molar-refractivity contribution in [3.63, 3.8) is 0 Å². The van der Waals surface area contributed by atoms with Crippen molar-refractivity contribution in [2.75, 3.05) is 32.1 Å². The Morgan fingerprint density at radius 3 is 2.80 bits per heavy atom. The number of hydrogen-bond donors (Lipinski definition) is 1. The molecule has 1 N–H and O–H groups in total. The van der Waals surface area contributed by atoms with Crippen LogP contribution in [0.4, 0.5) is 5.69 Å². The number of nitrogens with zero attached hydrogens (tertiary/aromatic N) is 5. The fourth-order valence-electron chi connectivity index (χ4n) is 4.70. The summed E-state index contributed by atoms with van der Waals surface area (Å²) >= 11 is 0. The van der Waals surface area contributed by atoms with E-state index in [1.54, 1.807) is 25.0 Å². The van der Waals surface area contributed by atoms with E-state index >= 15 is 0 Å². The first-order chi connectivity index (χ1) is 16.5. The van der Waals surface area contributed by atoms with Crippen LogP contribution in [0.15, 0.2) is 41.2 Å². The zero-order valence-corrected chi connectivity index (χ0v) is 22.0. The van der Waals surface area contributed by atoms with E-state index in [-0.39, 0.29) is 6.10 Å². The molecule has 188 valence electrons. The van der Waals surface area contributed by atoms with Crippen molar-refractivity contribution in [3.05, 3.63) is 53.6 Å². The van der Waals surface area contributed by atoms with Crippen LogP contribution in [0, 0.1) is 6.92 Å². The van der Waals surface area contributed by atoms with Gasteiger partial charge in [0.2, 0.25) is 5.88 Å². The number of likely N-dealkylation sites (tertiary alicyclic amines) is 1. The highest BCUT2D eigenvalue weighted by Gasteiger charge is 2.26. The summed E-state index contributed by atoms with van der Waals surface area (Å²) in [6.45, 7) is 8.02. The molecule has 1 atom stereocenters. The molecule has 0 spiro atoms. The number of β-amino-alcohol motifs (C(OH)–C–C–N with tert-alkyl or cyclic N) is 1. The van der Waals surface area contributed by atoms with Crippen molar-refractivity contribution in [1.29, 1.82) is 0 Å². The second-order valence-electron chi connectivity index (χ2n) is 10.3. The first kappa shape index (κ1) is 25.5.